The Morgan fingerprint density at radius 1 is 1.27 bits per heavy atom. The standard InChI is InChI=1S/C7H11NS.C2H6/c1-4-7-5(2)8-6(3)9-7;1-2/h4H2,1-3H3;1-2H3. The zero-order chi connectivity index (χ0) is 8.85. The van der Waals surface area contributed by atoms with Crippen LogP contribution < -0.4 is 0 Å². The Morgan fingerprint density at radius 2 is 1.82 bits per heavy atom. The lowest BCUT2D eigenvalue weighted by Gasteiger charge is -1.85. The van der Waals surface area contributed by atoms with Crippen molar-refractivity contribution in [1.29, 1.82) is 0 Å². The number of hydrogen-bond acceptors (Lipinski definition) is 2. The van der Waals surface area contributed by atoms with Gasteiger partial charge in [-0.1, -0.05) is 20.8 Å². The average Bonchev–Trinajstić information content (AvgIpc) is 2.33. The fourth-order valence-corrected chi connectivity index (χ4v) is 1.78. The van der Waals surface area contributed by atoms with Gasteiger partial charge in [-0.15, -0.1) is 11.3 Å². The van der Waals surface area contributed by atoms with Gasteiger partial charge < -0.3 is 0 Å². The molecule has 2 heteroatoms. The molecule has 0 atom stereocenters. The number of aryl methyl sites for hydroxylation is 3. The Hall–Kier alpha value is -0.370. The summed E-state index contributed by atoms with van der Waals surface area (Å²) in [7, 11) is 0. The molecule has 1 rings (SSSR count). The zero-order valence-electron chi connectivity index (χ0n) is 8.06. The topological polar surface area (TPSA) is 12.9 Å². The third kappa shape index (κ3) is 3.02. The summed E-state index contributed by atoms with van der Waals surface area (Å²) in [6.07, 6.45) is 1.12. The summed E-state index contributed by atoms with van der Waals surface area (Å²) >= 11 is 1.80. The first kappa shape index (κ1) is 10.6. The van der Waals surface area contributed by atoms with E-state index in [-0.39, 0.29) is 0 Å². The number of hydrogen-bond donors (Lipinski definition) is 0. The summed E-state index contributed by atoms with van der Waals surface area (Å²) in [6.45, 7) is 10.3. The molecule has 0 aromatic carbocycles. The number of thiazole rings is 1. The quantitative estimate of drug-likeness (QED) is 0.631. The largest absolute Gasteiger partial charge is 0.247 e. The second kappa shape index (κ2) is 5.30. The fourth-order valence-electron chi connectivity index (χ4n) is 0.901. The van der Waals surface area contributed by atoms with Crippen molar-refractivity contribution in [3.8, 4) is 0 Å². The molecule has 0 aliphatic carbocycles. The highest BCUT2D eigenvalue weighted by atomic mass is 32.1. The van der Waals surface area contributed by atoms with Gasteiger partial charge in [0, 0.05) is 4.88 Å². The zero-order valence-corrected chi connectivity index (χ0v) is 8.88. The lowest BCUT2D eigenvalue weighted by Crippen LogP contribution is -1.77. The van der Waals surface area contributed by atoms with Crippen molar-refractivity contribution in [3.05, 3.63) is 15.6 Å². The molecule has 0 aliphatic rings. The molecule has 0 fully saturated rings. The number of nitrogens with zero attached hydrogens (tertiary/aromatic N) is 1. The van der Waals surface area contributed by atoms with Gasteiger partial charge in [-0.05, 0) is 20.3 Å². The van der Waals surface area contributed by atoms with E-state index in [4.69, 9.17) is 0 Å². The van der Waals surface area contributed by atoms with Crippen molar-refractivity contribution < 1.29 is 0 Å². The Kier molecular flexibility index (Phi) is 5.12. The Labute approximate surface area is 73.5 Å². The van der Waals surface area contributed by atoms with E-state index in [0.29, 0.717) is 0 Å². The SMILES string of the molecule is CC.CCc1sc(C)nc1C. The molecule has 1 nitrogen and oxygen atoms in total. The third-order valence-electron chi connectivity index (χ3n) is 1.32. The summed E-state index contributed by atoms with van der Waals surface area (Å²) < 4.78 is 0. The van der Waals surface area contributed by atoms with Gasteiger partial charge in [0.15, 0.2) is 0 Å². The normalized spacial score (nSPS) is 8.82. The van der Waals surface area contributed by atoms with Crippen molar-refractivity contribution in [3.63, 3.8) is 0 Å². The molecule has 0 aliphatic heterocycles. The predicted molar refractivity (Wildman–Crippen MR) is 52.3 cm³/mol. The van der Waals surface area contributed by atoms with E-state index in [0.717, 1.165) is 6.42 Å². The van der Waals surface area contributed by atoms with E-state index in [9.17, 15) is 0 Å². The second-order valence-electron chi connectivity index (χ2n) is 2.10. The molecule has 1 aromatic heterocycles. The highest BCUT2D eigenvalue weighted by Gasteiger charge is 1.99. The van der Waals surface area contributed by atoms with Gasteiger partial charge in [-0.2, -0.15) is 0 Å². The third-order valence-corrected chi connectivity index (χ3v) is 2.54. The monoisotopic (exact) mass is 171 g/mol. The van der Waals surface area contributed by atoms with Crippen LogP contribution >= 0.6 is 11.3 Å². The van der Waals surface area contributed by atoms with Gasteiger partial charge in [0.25, 0.3) is 0 Å². The minimum Gasteiger partial charge on any atom is -0.247 e. The summed E-state index contributed by atoms with van der Waals surface area (Å²) in [6, 6.07) is 0. The van der Waals surface area contributed by atoms with Crippen LogP contribution in [0, 0.1) is 13.8 Å². The predicted octanol–water partition coefficient (Wildman–Crippen LogP) is 3.35. The molecule has 1 heterocycles. The van der Waals surface area contributed by atoms with E-state index < -0.39 is 0 Å². The first-order valence-corrected chi connectivity index (χ1v) is 4.98. The van der Waals surface area contributed by atoms with Crippen LogP contribution in [0.1, 0.15) is 36.3 Å². The molecule has 64 valence electrons. The molecular formula is C9H17NS. The maximum atomic E-state index is 4.30. The Balaban J connectivity index is 0.000000461. The average molecular weight is 171 g/mol. The summed E-state index contributed by atoms with van der Waals surface area (Å²) in [5.41, 5.74) is 1.21. The van der Waals surface area contributed by atoms with E-state index >= 15 is 0 Å². The molecule has 11 heavy (non-hydrogen) atoms. The van der Waals surface area contributed by atoms with Crippen LogP contribution in [0.2, 0.25) is 0 Å². The van der Waals surface area contributed by atoms with Gasteiger partial charge >= 0.3 is 0 Å². The Bertz CT molecular complexity index is 203. The fraction of sp³-hybridized carbons (Fsp3) is 0.667. The highest BCUT2D eigenvalue weighted by molar-refractivity contribution is 7.11. The van der Waals surface area contributed by atoms with Gasteiger partial charge in [0.1, 0.15) is 0 Å². The van der Waals surface area contributed by atoms with Crippen molar-refractivity contribution in [2.75, 3.05) is 0 Å². The van der Waals surface area contributed by atoms with Crippen LogP contribution in [0.15, 0.2) is 0 Å². The molecule has 0 N–H and O–H groups in total. The molecule has 0 spiro atoms. The van der Waals surface area contributed by atoms with Gasteiger partial charge in [-0.25, -0.2) is 4.98 Å². The van der Waals surface area contributed by atoms with Crippen LogP contribution in [-0.2, 0) is 6.42 Å². The maximum Gasteiger partial charge on any atom is 0.0900 e. The number of aromatic nitrogens is 1. The minimum absolute atomic E-state index is 1.12. The minimum atomic E-state index is 1.12. The van der Waals surface area contributed by atoms with Gasteiger partial charge in [-0.3, -0.25) is 0 Å². The maximum absolute atomic E-state index is 4.30. The summed E-state index contributed by atoms with van der Waals surface area (Å²) in [4.78, 5) is 5.72. The molecule has 0 radical (unpaired) electrons. The first-order chi connectivity index (χ1) is 5.24. The van der Waals surface area contributed by atoms with Crippen molar-refractivity contribution in [2.45, 2.75) is 41.0 Å². The van der Waals surface area contributed by atoms with Crippen LogP contribution in [0.4, 0.5) is 0 Å². The van der Waals surface area contributed by atoms with Gasteiger partial charge in [0.05, 0.1) is 10.7 Å². The van der Waals surface area contributed by atoms with E-state index in [1.54, 1.807) is 11.3 Å². The van der Waals surface area contributed by atoms with E-state index in [1.165, 1.54) is 15.6 Å². The molecular weight excluding hydrogens is 154 g/mol. The first-order valence-electron chi connectivity index (χ1n) is 4.17. The molecule has 0 amide bonds. The lowest BCUT2D eigenvalue weighted by atomic mass is 10.3. The summed E-state index contributed by atoms with van der Waals surface area (Å²) in [5, 5.41) is 1.18. The second-order valence-corrected chi connectivity index (χ2v) is 3.38. The molecule has 0 unspecified atom stereocenters. The van der Waals surface area contributed by atoms with Crippen LogP contribution in [0.25, 0.3) is 0 Å². The van der Waals surface area contributed by atoms with Crippen molar-refractivity contribution >= 4 is 11.3 Å². The number of rotatable bonds is 1. The van der Waals surface area contributed by atoms with E-state index in [1.807, 2.05) is 13.8 Å². The summed E-state index contributed by atoms with van der Waals surface area (Å²) in [5.74, 6) is 0. The molecule has 0 saturated heterocycles. The van der Waals surface area contributed by atoms with Crippen LogP contribution in [0.3, 0.4) is 0 Å². The highest BCUT2D eigenvalue weighted by Crippen LogP contribution is 2.16. The van der Waals surface area contributed by atoms with E-state index in [2.05, 4.69) is 25.8 Å². The smallest absolute Gasteiger partial charge is 0.0900 e. The molecule has 0 bridgehead atoms. The Morgan fingerprint density at radius 3 is 2.00 bits per heavy atom. The molecule has 0 saturated carbocycles. The van der Waals surface area contributed by atoms with Crippen LogP contribution in [0.5, 0.6) is 0 Å². The van der Waals surface area contributed by atoms with Crippen LogP contribution in [-0.4, -0.2) is 4.98 Å². The van der Waals surface area contributed by atoms with Gasteiger partial charge in [0.2, 0.25) is 0 Å². The molecule has 1 aromatic rings. The van der Waals surface area contributed by atoms with Crippen molar-refractivity contribution in [2.24, 2.45) is 0 Å². The van der Waals surface area contributed by atoms with Crippen molar-refractivity contribution in [1.82, 2.24) is 4.98 Å². The lowest BCUT2D eigenvalue weighted by molar-refractivity contribution is 1.10.